The van der Waals surface area contributed by atoms with Crippen molar-refractivity contribution in [3.8, 4) is 5.75 Å². The van der Waals surface area contributed by atoms with Gasteiger partial charge in [0.2, 0.25) is 5.91 Å². The van der Waals surface area contributed by atoms with Gasteiger partial charge in [-0.1, -0.05) is 12.1 Å². The Morgan fingerprint density at radius 3 is 2.75 bits per heavy atom. The van der Waals surface area contributed by atoms with Crippen molar-refractivity contribution in [2.75, 3.05) is 30.4 Å². The van der Waals surface area contributed by atoms with E-state index in [9.17, 15) is 9.59 Å². The van der Waals surface area contributed by atoms with Gasteiger partial charge in [-0.05, 0) is 37.5 Å². The van der Waals surface area contributed by atoms with Crippen molar-refractivity contribution in [2.24, 2.45) is 0 Å². The van der Waals surface area contributed by atoms with E-state index in [-0.39, 0.29) is 18.2 Å². The first kappa shape index (κ1) is 18.0. The van der Waals surface area contributed by atoms with Crippen molar-refractivity contribution in [2.45, 2.75) is 25.8 Å². The summed E-state index contributed by atoms with van der Waals surface area (Å²) in [6.45, 7) is 1.70. The summed E-state index contributed by atoms with van der Waals surface area (Å²) in [5, 5.41) is 6.97. The minimum absolute atomic E-state index is 0.209. The molecule has 0 saturated carbocycles. The predicted molar refractivity (Wildman–Crippen MR) is 105 cm³/mol. The molecular weight excluding hydrogens is 360 g/mol. The van der Waals surface area contributed by atoms with Gasteiger partial charge in [-0.15, -0.1) is 5.10 Å². The zero-order valence-electron chi connectivity index (χ0n) is 15.7. The topological polar surface area (TPSA) is 93.8 Å². The van der Waals surface area contributed by atoms with Crippen molar-refractivity contribution in [3.63, 3.8) is 0 Å². The second-order valence-electron chi connectivity index (χ2n) is 6.69. The fourth-order valence-electron chi connectivity index (χ4n) is 3.37. The van der Waals surface area contributed by atoms with Crippen LogP contribution >= 0.6 is 0 Å². The van der Waals surface area contributed by atoms with Gasteiger partial charge in [-0.2, -0.15) is 4.98 Å². The molecule has 4 rings (SSSR count). The molecule has 0 aliphatic carbocycles. The molecule has 0 radical (unpaired) electrons. The molecule has 0 spiro atoms. The van der Waals surface area contributed by atoms with Crippen molar-refractivity contribution in [1.82, 2.24) is 19.2 Å². The molecule has 1 aliphatic rings. The Kier molecular flexibility index (Phi) is 4.96. The van der Waals surface area contributed by atoms with Crippen LogP contribution in [0.5, 0.6) is 5.75 Å². The fourth-order valence-corrected chi connectivity index (χ4v) is 3.37. The number of amides is 1. The maximum absolute atomic E-state index is 12.5. The Morgan fingerprint density at radius 2 is 1.96 bits per heavy atom. The highest BCUT2D eigenvalue weighted by molar-refractivity contribution is 5.92. The van der Waals surface area contributed by atoms with E-state index in [4.69, 9.17) is 4.74 Å². The fraction of sp³-hybridized carbons (Fsp3) is 0.368. The maximum atomic E-state index is 12.5. The van der Waals surface area contributed by atoms with Crippen molar-refractivity contribution in [3.05, 3.63) is 47.0 Å². The van der Waals surface area contributed by atoms with Gasteiger partial charge in [0.25, 0.3) is 5.78 Å². The molecule has 146 valence electrons. The number of nitrogens with zero attached hydrogens (tertiary/aromatic N) is 5. The summed E-state index contributed by atoms with van der Waals surface area (Å²) in [7, 11) is 1.53. The Hall–Kier alpha value is -3.36. The van der Waals surface area contributed by atoms with Crippen LogP contribution in [0.3, 0.4) is 0 Å². The van der Waals surface area contributed by atoms with E-state index in [1.807, 2.05) is 12.1 Å². The van der Waals surface area contributed by atoms with Crippen molar-refractivity contribution < 1.29 is 9.53 Å². The molecule has 1 aliphatic heterocycles. The molecule has 0 bridgehead atoms. The number of hydrogen-bond donors (Lipinski definition) is 1. The van der Waals surface area contributed by atoms with Crippen LogP contribution in [-0.4, -0.2) is 45.3 Å². The molecule has 0 unspecified atom stereocenters. The number of nitrogens with one attached hydrogen (secondary N) is 1. The second kappa shape index (κ2) is 7.71. The van der Waals surface area contributed by atoms with E-state index in [0.29, 0.717) is 11.4 Å². The Balaban J connectivity index is 1.54. The van der Waals surface area contributed by atoms with E-state index in [1.54, 1.807) is 24.4 Å². The minimum Gasteiger partial charge on any atom is -0.495 e. The zero-order chi connectivity index (χ0) is 19.5. The van der Waals surface area contributed by atoms with Crippen LogP contribution in [0.1, 0.15) is 19.3 Å². The number of ether oxygens (including phenoxy) is 1. The van der Waals surface area contributed by atoms with Gasteiger partial charge in [0.05, 0.1) is 12.8 Å². The molecule has 1 amide bonds. The average molecular weight is 382 g/mol. The molecule has 3 aromatic rings. The summed E-state index contributed by atoms with van der Waals surface area (Å²) in [5.74, 6) is 1.28. The normalized spacial score (nSPS) is 14.2. The summed E-state index contributed by atoms with van der Waals surface area (Å²) >= 11 is 0. The molecule has 0 atom stereocenters. The zero-order valence-corrected chi connectivity index (χ0v) is 15.7. The summed E-state index contributed by atoms with van der Waals surface area (Å²) in [4.78, 5) is 31.6. The molecule has 1 aromatic carbocycles. The lowest BCUT2D eigenvalue weighted by Gasteiger charge is -2.27. The summed E-state index contributed by atoms with van der Waals surface area (Å²) in [6.07, 6.45) is 5.17. The third kappa shape index (κ3) is 3.55. The first-order chi connectivity index (χ1) is 13.7. The molecular formula is C19H22N6O3. The number of benzene rings is 1. The molecule has 2 aromatic heterocycles. The average Bonchev–Trinajstić information content (AvgIpc) is 3.03. The Morgan fingerprint density at radius 1 is 1.18 bits per heavy atom. The van der Waals surface area contributed by atoms with Crippen LogP contribution in [0.25, 0.3) is 5.78 Å². The molecule has 1 fully saturated rings. The van der Waals surface area contributed by atoms with Gasteiger partial charge >= 0.3 is 5.69 Å². The first-order valence-electron chi connectivity index (χ1n) is 9.30. The smallest absolute Gasteiger partial charge is 0.352 e. The number of rotatable bonds is 5. The molecule has 1 N–H and O–H groups in total. The van der Waals surface area contributed by atoms with Crippen LogP contribution in [0.15, 0.2) is 41.3 Å². The number of piperidine rings is 1. The Labute approximate surface area is 161 Å². The molecule has 9 nitrogen and oxygen atoms in total. The molecule has 3 heterocycles. The minimum atomic E-state index is -0.400. The maximum Gasteiger partial charge on any atom is 0.352 e. The number of anilines is 2. The molecule has 1 saturated heterocycles. The van der Waals surface area contributed by atoms with E-state index < -0.39 is 5.69 Å². The van der Waals surface area contributed by atoms with Gasteiger partial charge in [0.15, 0.2) is 0 Å². The van der Waals surface area contributed by atoms with Gasteiger partial charge in [-0.3, -0.25) is 4.79 Å². The predicted octanol–water partition coefficient (Wildman–Crippen LogP) is 1.53. The quantitative estimate of drug-likeness (QED) is 0.719. The van der Waals surface area contributed by atoms with Crippen LogP contribution in [-0.2, 0) is 11.3 Å². The highest BCUT2D eigenvalue weighted by atomic mass is 16.5. The van der Waals surface area contributed by atoms with Crippen LogP contribution in [0.4, 0.5) is 11.5 Å². The summed E-state index contributed by atoms with van der Waals surface area (Å²) < 4.78 is 7.69. The number of fused-ring (bicyclic) bond motifs is 1. The summed E-state index contributed by atoms with van der Waals surface area (Å²) in [6, 6.07) is 8.91. The van der Waals surface area contributed by atoms with Crippen molar-refractivity contribution in [1.29, 1.82) is 0 Å². The number of hydrogen-bond acceptors (Lipinski definition) is 6. The lowest BCUT2D eigenvalue weighted by molar-refractivity contribution is -0.117. The van der Waals surface area contributed by atoms with E-state index in [0.717, 1.165) is 36.4 Å². The Bertz CT molecular complexity index is 1050. The van der Waals surface area contributed by atoms with Gasteiger partial charge in [0.1, 0.15) is 18.1 Å². The number of carbonyl (C=O) groups excluding carboxylic acids is 1. The number of methoxy groups -OCH3 is 1. The lowest BCUT2D eigenvalue weighted by atomic mass is 10.1. The highest BCUT2D eigenvalue weighted by Crippen LogP contribution is 2.23. The largest absolute Gasteiger partial charge is 0.495 e. The highest BCUT2D eigenvalue weighted by Gasteiger charge is 2.16. The number of para-hydroxylation sites is 2. The standard InChI is InChI=1S/C19H22N6O3/c1-28-15-8-4-3-7-14(15)20-17(26)13-25-19(27)24-12-9-16(21-18(24)22-25)23-10-5-2-6-11-23/h3-4,7-9,12H,2,5-6,10-11,13H2,1H3,(H,20,26). The van der Waals surface area contributed by atoms with E-state index >= 15 is 0 Å². The van der Waals surface area contributed by atoms with Gasteiger partial charge in [0, 0.05) is 19.3 Å². The van der Waals surface area contributed by atoms with Crippen LogP contribution in [0, 0.1) is 0 Å². The third-order valence-corrected chi connectivity index (χ3v) is 4.79. The lowest BCUT2D eigenvalue weighted by Crippen LogP contribution is -2.30. The third-order valence-electron chi connectivity index (χ3n) is 4.79. The second-order valence-corrected chi connectivity index (χ2v) is 6.69. The van der Waals surface area contributed by atoms with Gasteiger partial charge in [-0.25, -0.2) is 13.9 Å². The number of carbonyl (C=O) groups is 1. The molecule has 28 heavy (non-hydrogen) atoms. The van der Waals surface area contributed by atoms with E-state index in [2.05, 4.69) is 20.3 Å². The van der Waals surface area contributed by atoms with Crippen LogP contribution in [0.2, 0.25) is 0 Å². The van der Waals surface area contributed by atoms with E-state index in [1.165, 1.54) is 17.9 Å². The summed E-state index contributed by atoms with van der Waals surface area (Å²) in [5.41, 5.74) is 0.139. The van der Waals surface area contributed by atoms with Gasteiger partial charge < -0.3 is 15.0 Å². The van der Waals surface area contributed by atoms with Crippen molar-refractivity contribution >= 4 is 23.2 Å². The molecule has 9 heteroatoms. The monoisotopic (exact) mass is 382 g/mol. The number of aromatic nitrogens is 4. The first-order valence-corrected chi connectivity index (χ1v) is 9.30. The van der Waals surface area contributed by atoms with Crippen LogP contribution < -0.4 is 20.6 Å². The SMILES string of the molecule is COc1ccccc1NC(=O)Cn1nc2nc(N3CCCCC3)ccn2c1=O.